The van der Waals surface area contributed by atoms with Crippen LogP contribution in [0, 0.1) is 23.1 Å². The number of carbonyl (C=O) groups is 2. The van der Waals surface area contributed by atoms with E-state index in [1.54, 1.807) is 0 Å². The summed E-state index contributed by atoms with van der Waals surface area (Å²) in [7, 11) is 0. The predicted molar refractivity (Wildman–Crippen MR) is 136 cm³/mol. The third-order valence-corrected chi connectivity index (χ3v) is 9.36. The van der Waals surface area contributed by atoms with E-state index >= 15 is 0 Å². The first-order chi connectivity index (χ1) is 17.3. The lowest BCUT2D eigenvalue weighted by atomic mass is 9.68. The van der Waals surface area contributed by atoms with Crippen molar-refractivity contribution in [1.29, 1.82) is 0 Å². The van der Waals surface area contributed by atoms with Crippen molar-refractivity contribution in [3.05, 3.63) is 29.0 Å². The van der Waals surface area contributed by atoms with E-state index in [1.807, 2.05) is 0 Å². The molecule has 4 N–H and O–H groups in total. The molecule has 1 saturated heterocycles. The maximum Gasteiger partial charge on any atom is 0.258 e. The van der Waals surface area contributed by atoms with Crippen LogP contribution in [0.4, 0.5) is 4.39 Å². The van der Waals surface area contributed by atoms with E-state index < -0.39 is 5.82 Å². The van der Waals surface area contributed by atoms with Gasteiger partial charge in [-0.3, -0.25) is 9.59 Å². The molecule has 5 aliphatic rings. The molecule has 4 aliphatic carbocycles. The molecular weight excluding hydrogens is 483 g/mol. The van der Waals surface area contributed by atoms with Crippen molar-refractivity contribution in [3.63, 3.8) is 0 Å². The predicted octanol–water partition coefficient (Wildman–Crippen LogP) is 3.16. The first-order valence-electron chi connectivity index (χ1n) is 13.4. The molecule has 1 aromatic carbocycles. The van der Waals surface area contributed by atoms with Crippen molar-refractivity contribution in [3.8, 4) is 5.75 Å². The number of fused-ring (bicyclic) bond motifs is 1. The molecule has 7 nitrogen and oxygen atoms in total. The van der Waals surface area contributed by atoms with Crippen molar-refractivity contribution in [2.45, 2.75) is 75.9 Å². The summed E-state index contributed by atoms with van der Waals surface area (Å²) in [5.74, 6) is 0.419. The van der Waals surface area contributed by atoms with E-state index in [2.05, 4.69) is 28.2 Å². The number of amides is 2. The lowest BCUT2D eigenvalue weighted by molar-refractivity contribution is -0.135. The van der Waals surface area contributed by atoms with Gasteiger partial charge in [0.05, 0.1) is 16.0 Å². The van der Waals surface area contributed by atoms with Crippen molar-refractivity contribution < 1.29 is 18.7 Å². The fourth-order valence-corrected chi connectivity index (χ4v) is 7.00. The summed E-state index contributed by atoms with van der Waals surface area (Å²) in [6.45, 7) is 4.43. The zero-order chi connectivity index (χ0) is 25.3. The lowest BCUT2D eigenvalue weighted by Crippen LogP contribution is -2.70. The quantitative estimate of drug-likeness (QED) is 0.423. The molecule has 0 radical (unpaired) electrons. The molecule has 3 atom stereocenters. The molecule has 2 amide bonds. The van der Waals surface area contributed by atoms with Gasteiger partial charge in [0.25, 0.3) is 5.91 Å². The van der Waals surface area contributed by atoms with Crippen LogP contribution < -0.4 is 26.0 Å². The second-order valence-corrected chi connectivity index (χ2v) is 11.9. The van der Waals surface area contributed by atoms with Gasteiger partial charge in [0.15, 0.2) is 6.61 Å². The Morgan fingerprint density at radius 3 is 2.67 bits per heavy atom. The van der Waals surface area contributed by atoms with E-state index in [-0.39, 0.29) is 46.2 Å². The smallest absolute Gasteiger partial charge is 0.258 e. The molecule has 0 spiro atoms. The van der Waals surface area contributed by atoms with Gasteiger partial charge >= 0.3 is 0 Å². The minimum absolute atomic E-state index is 0.0101. The first kappa shape index (κ1) is 25.7. The molecule has 5 fully saturated rings. The highest BCUT2D eigenvalue weighted by molar-refractivity contribution is 6.30. The Morgan fingerprint density at radius 1 is 1.19 bits per heavy atom. The van der Waals surface area contributed by atoms with E-state index in [4.69, 9.17) is 16.3 Å². The minimum atomic E-state index is -0.585. The Hall–Kier alpha value is -1.90. The number of nitrogens with one attached hydrogen (secondary N) is 4. The SMILES string of the molecule is CC1CNC(CNC(=O)C23CC(C2)C(NC(=O)COc2ccc(Cl)c(F)c2)C3)(C2CCCCC2)CN1. The second kappa shape index (κ2) is 10.5. The van der Waals surface area contributed by atoms with E-state index in [0.717, 1.165) is 25.9 Å². The number of carbonyl (C=O) groups excluding carboxylic acids is 2. The molecule has 9 heteroatoms. The average Bonchev–Trinajstić information content (AvgIpc) is 3.40. The Morgan fingerprint density at radius 2 is 1.97 bits per heavy atom. The molecule has 0 aromatic heterocycles. The fourth-order valence-electron chi connectivity index (χ4n) is 6.88. The summed E-state index contributed by atoms with van der Waals surface area (Å²) < 4.78 is 19.0. The number of ether oxygens (including phenoxy) is 1. The van der Waals surface area contributed by atoms with Crippen LogP contribution in [0.15, 0.2) is 18.2 Å². The van der Waals surface area contributed by atoms with Crippen molar-refractivity contribution in [2.24, 2.45) is 17.3 Å². The Labute approximate surface area is 217 Å². The lowest BCUT2D eigenvalue weighted by Gasteiger charge is -2.48. The highest BCUT2D eigenvalue weighted by atomic mass is 35.5. The number of halogens is 2. The molecule has 36 heavy (non-hydrogen) atoms. The van der Waals surface area contributed by atoms with Gasteiger partial charge in [-0.05, 0) is 63.0 Å². The highest BCUT2D eigenvalue weighted by Gasteiger charge is 2.60. The van der Waals surface area contributed by atoms with Gasteiger partial charge in [-0.1, -0.05) is 30.9 Å². The summed E-state index contributed by atoms with van der Waals surface area (Å²) in [4.78, 5) is 25.9. The number of benzene rings is 1. The molecule has 1 aromatic rings. The van der Waals surface area contributed by atoms with Crippen LogP contribution in [-0.4, -0.2) is 55.7 Å². The summed E-state index contributed by atoms with van der Waals surface area (Å²) in [5, 5.41) is 13.8. The molecule has 1 heterocycles. The number of piperazine rings is 1. The van der Waals surface area contributed by atoms with Crippen LogP contribution in [0.5, 0.6) is 5.75 Å². The first-order valence-corrected chi connectivity index (χ1v) is 13.8. The van der Waals surface area contributed by atoms with Crippen LogP contribution in [0.2, 0.25) is 5.02 Å². The van der Waals surface area contributed by atoms with Crippen LogP contribution >= 0.6 is 11.6 Å². The third kappa shape index (κ3) is 5.22. The zero-order valence-corrected chi connectivity index (χ0v) is 21.8. The zero-order valence-electron chi connectivity index (χ0n) is 21.0. The molecule has 6 rings (SSSR count). The van der Waals surface area contributed by atoms with Crippen LogP contribution in [-0.2, 0) is 9.59 Å². The molecule has 1 aliphatic heterocycles. The largest absolute Gasteiger partial charge is 0.484 e. The van der Waals surface area contributed by atoms with Gasteiger partial charge in [0.2, 0.25) is 5.91 Å². The molecule has 4 saturated carbocycles. The topological polar surface area (TPSA) is 91.5 Å². The van der Waals surface area contributed by atoms with E-state index in [1.165, 1.54) is 50.3 Å². The van der Waals surface area contributed by atoms with Gasteiger partial charge in [0, 0.05) is 37.8 Å². The second-order valence-electron chi connectivity index (χ2n) is 11.5. The Bertz CT molecular complexity index is 972. The number of rotatable bonds is 8. The standard InChI is InChI=1S/C27H38ClFN4O3/c1-17-13-32-27(15-30-17,19-5-3-2-4-6-19)16-31-25(35)26-10-18(11-26)23(12-26)33-24(34)14-36-20-7-8-21(28)22(29)9-20/h7-9,17-19,23,30,32H,2-6,10-16H2,1H3,(H,31,35)(H,33,34). The summed E-state index contributed by atoms with van der Waals surface area (Å²) >= 11 is 5.69. The molecule has 2 bridgehead atoms. The van der Waals surface area contributed by atoms with Crippen molar-refractivity contribution in [1.82, 2.24) is 21.3 Å². The van der Waals surface area contributed by atoms with Gasteiger partial charge < -0.3 is 26.0 Å². The maximum absolute atomic E-state index is 13.6. The Balaban J connectivity index is 1.12. The van der Waals surface area contributed by atoms with E-state index in [9.17, 15) is 14.0 Å². The fraction of sp³-hybridized carbons (Fsp3) is 0.704. The molecule has 3 unspecified atom stereocenters. The maximum atomic E-state index is 13.6. The van der Waals surface area contributed by atoms with Crippen molar-refractivity contribution >= 4 is 23.4 Å². The average molecular weight is 521 g/mol. The monoisotopic (exact) mass is 520 g/mol. The molecular formula is C27H38ClFN4O3. The Kier molecular flexibility index (Phi) is 7.48. The molecule has 198 valence electrons. The van der Waals surface area contributed by atoms with Crippen LogP contribution in [0.3, 0.4) is 0 Å². The highest BCUT2D eigenvalue weighted by Crippen LogP contribution is 2.59. The summed E-state index contributed by atoms with van der Waals surface area (Å²) in [6, 6.07) is 4.50. The van der Waals surface area contributed by atoms with Gasteiger partial charge in [-0.15, -0.1) is 0 Å². The van der Waals surface area contributed by atoms with Gasteiger partial charge in [-0.2, -0.15) is 0 Å². The summed E-state index contributed by atoms with van der Waals surface area (Å²) in [5.41, 5.74) is -0.473. The summed E-state index contributed by atoms with van der Waals surface area (Å²) in [6.07, 6.45) is 8.54. The third-order valence-electron chi connectivity index (χ3n) is 9.05. The van der Waals surface area contributed by atoms with E-state index in [0.29, 0.717) is 30.8 Å². The van der Waals surface area contributed by atoms with Gasteiger partial charge in [0.1, 0.15) is 11.6 Å². The van der Waals surface area contributed by atoms with Crippen LogP contribution in [0.1, 0.15) is 58.3 Å². The van der Waals surface area contributed by atoms with Gasteiger partial charge in [-0.25, -0.2) is 4.39 Å². The van der Waals surface area contributed by atoms with Crippen molar-refractivity contribution in [2.75, 3.05) is 26.2 Å². The van der Waals surface area contributed by atoms with Crippen LogP contribution in [0.25, 0.3) is 0 Å². The minimum Gasteiger partial charge on any atom is -0.484 e. The normalized spacial score (nSPS) is 34.0. The number of hydrogen-bond acceptors (Lipinski definition) is 5. The number of hydrogen-bond donors (Lipinski definition) is 4.